The number of sulfonamides is 1. The van der Waals surface area contributed by atoms with Crippen LogP contribution < -0.4 is 0 Å². The average molecular weight is 322 g/mol. The van der Waals surface area contributed by atoms with Crippen molar-refractivity contribution in [3.05, 3.63) is 28.5 Å². The van der Waals surface area contributed by atoms with Crippen molar-refractivity contribution in [2.45, 2.75) is 18.2 Å². The molecule has 1 unspecified atom stereocenters. The minimum atomic E-state index is -3.90. The number of hydrogen-bond acceptors (Lipinski definition) is 3. The zero-order chi connectivity index (χ0) is 15.1. The number of hydrogen-bond donors (Lipinski definition) is 1. The third-order valence-electron chi connectivity index (χ3n) is 3.33. The first kappa shape index (κ1) is 15.2. The monoisotopic (exact) mass is 321 g/mol. The minimum Gasteiger partial charge on any atom is -0.481 e. The highest BCUT2D eigenvalue weighted by atomic mass is 35.5. The van der Waals surface area contributed by atoms with Crippen LogP contribution >= 0.6 is 11.6 Å². The maximum atomic E-state index is 13.3. The predicted octanol–water partition coefficient (Wildman–Crippen LogP) is 1.88. The summed E-state index contributed by atoms with van der Waals surface area (Å²) in [5.74, 6) is -2.33. The Balaban J connectivity index is 2.37. The van der Waals surface area contributed by atoms with E-state index < -0.39 is 27.7 Å². The normalized spacial score (nSPS) is 20.2. The first-order valence-corrected chi connectivity index (χ1v) is 7.74. The number of carbonyl (C=O) groups is 1. The van der Waals surface area contributed by atoms with Crippen molar-refractivity contribution in [3.63, 3.8) is 0 Å². The number of benzene rings is 1. The number of aryl methyl sites for hydroxylation is 1. The highest BCUT2D eigenvalue weighted by Gasteiger charge is 2.36. The number of halogens is 2. The van der Waals surface area contributed by atoms with Crippen LogP contribution in [0.5, 0.6) is 0 Å². The first-order chi connectivity index (χ1) is 9.23. The van der Waals surface area contributed by atoms with Gasteiger partial charge in [-0.25, -0.2) is 12.8 Å². The van der Waals surface area contributed by atoms with E-state index in [1.165, 1.54) is 13.0 Å². The summed E-state index contributed by atoms with van der Waals surface area (Å²) in [6, 6.07) is 2.12. The molecule has 1 saturated heterocycles. The Bertz CT molecular complexity index is 662. The Morgan fingerprint density at radius 1 is 1.50 bits per heavy atom. The van der Waals surface area contributed by atoms with E-state index in [1.807, 2.05) is 0 Å². The fraction of sp³-hybridized carbons (Fsp3) is 0.417. The number of carboxylic acids is 1. The molecule has 0 radical (unpaired) electrons. The molecule has 0 amide bonds. The summed E-state index contributed by atoms with van der Waals surface area (Å²) in [7, 11) is -3.90. The van der Waals surface area contributed by atoms with E-state index in [0.29, 0.717) is 0 Å². The van der Waals surface area contributed by atoms with Gasteiger partial charge in [0.15, 0.2) is 0 Å². The van der Waals surface area contributed by atoms with Gasteiger partial charge >= 0.3 is 5.97 Å². The second-order valence-electron chi connectivity index (χ2n) is 4.72. The zero-order valence-electron chi connectivity index (χ0n) is 10.6. The van der Waals surface area contributed by atoms with Crippen molar-refractivity contribution >= 4 is 27.6 Å². The molecule has 5 nitrogen and oxygen atoms in total. The van der Waals surface area contributed by atoms with Crippen LogP contribution in [-0.2, 0) is 14.8 Å². The van der Waals surface area contributed by atoms with Gasteiger partial charge in [-0.3, -0.25) is 4.79 Å². The van der Waals surface area contributed by atoms with Crippen LogP contribution in [0.1, 0.15) is 12.0 Å². The average Bonchev–Trinajstić information content (AvgIpc) is 2.83. The summed E-state index contributed by atoms with van der Waals surface area (Å²) in [5, 5.41) is 8.70. The molecule has 1 atom stereocenters. The molecule has 2 rings (SSSR count). The van der Waals surface area contributed by atoms with E-state index in [0.717, 1.165) is 10.4 Å². The van der Waals surface area contributed by atoms with Gasteiger partial charge in [0.1, 0.15) is 10.7 Å². The van der Waals surface area contributed by atoms with E-state index in [4.69, 9.17) is 16.7 Å². The van der Waals surface area contributed by atoms with Gasteiger partial charge in [-0.1, -0.05) is 11.6 Å². The molecule has 0 bridgehead atoms. The molecule has 0 spiro atoms. The lowest BCUT2D eigenvalue weighted by Crippen LogP contribution is -2.30. The number of aliphatic carboxylic acids is 1. The molecule has 0 aliphatic carbocycles. The Morgan fingerprint density at radius 2 is 2.15 bits per heavy atom. The SMILES string of the molecule is Cc1cc(S(=O)(=O)N2CCC(C(=O)O)C2)c(Cl)cc1F. The predicted molar refractivity (Wildman–Crippen MR) is 70.6 cm³/mol. The molecule has 1 aromatic carbocycles. The van der Waals surface area contributed by atoms with E-state index in [-0.39, 0.29) is 35.0 Å². The van der Waals surface area contributed by atoms with Crippen molar-refractivity contribution in [3.8, 4) is 0 Å². The second-order valence-corrected chi connectivity index (χ2v) is 7.03. The lowest BCUT2D eigenvalue weighted by molar-refractivity contribution is -0.141. The summed E-state index contributed by atoms with van der Waals surface area (Å²) >= 11 is 5.80. The van der Waals surface area contributed by atoms with Gasteiger partial charge in [0.05, 0.1) is 10.9 Å². The Kier molecular flexibility index (Phi) is 4.04. The standard InChI is InChI=1S/C12H13ClFNO4S/c1-7-4-11(9(13)5-10(7)14)20(18,19)15-3-2-8(6-15)12(16)17/h4-5,8H,2-3,6H2,1H3,(H,16,17). The van der Waals surface area contributed by atoms with Gasteiger partial charge in [-0.2, -0.15) is 4.31 Å². The van der Waals surface area contributed by atoms with E-state index in [9.17, 15) is 17.6 Å². The van der Waals surface area contributed by atoms with Crippen LogP contribution in [0, 0.1) is 18.7 Å². The van der Waals surface area contributed by atoms with Crippen molar-refractivity contribution < 1.29 is 22.7 Å². The smallest absolute Gasteiger partial charge is 0.307 e. The van der Waals surface area contributed by atoms with Crippen LogP contribution in [-0.4, -0.2) is 36.9 Å². The molecular formula is C12H13ClFNO4S. The van der Waals surface area contributed by atoms with Gasteiger partial charge in [-0.05, 0) is 31.0 Å². The molecule has 1 heterocycles. The highest BCUT2D eigenvalue weighted by molar-refractivity contribution is 7.89. The van der Waals surface area contributed by atoms with Crippen LogP contribution in [0.3, 0.4) is 0 Å². The van der Waals surface area contributed by atoms with Crippen LogP contribution in [0.4, 0.5) is 4.39 Å². The van der Waals surface area contributed by atoms with E-state index >= 15 is 0 Å². The number of rotatable bonds is 3. The molecule has 1 fully saturated rings. The zero-order valence-corrected chi connectivity index (χ0v) is 12.2. The second kappa shape index (κ2) is 5.31. The minimum absolute atomic E-state index is 0.0928. The summed E-state index contributed by atoms with van der Waals surface area (Å²) in [4.78, 5) is 10.7. The molecule has 110 valence electrons. The van der Waals surface area contributed by atoms with Gasteiger partial charge in [0.25, 0.3) is 0 Å². The van der Waals surface area contributed by atoms with Crippen LogP contribution in [0.15, 0.2) is 17.0 Å². The Morgan fingerprint density at radius 3 is 2.70 bits per heavy atom. The van der Waals surface area contributed by atoms with Gasteiger partial charge in [0, 0.05) is 13.1 Å². The molecule has 0 saturated carbocycles. The topological polar surface area (TPSA) is 74.7 Å². The quantitative estimate of drug-likeness (QED) is 0.922. The fourth-order valence-corrected chi connectivity index (χ4v) is 4.19. The first-order valence-electron chi connectivity index (χ1n) is 5.92. The van der Waals surface area contributed by atoms with Crippen LogP contribution in [0.25, 0.3) is 0 Å². The molecule has 1 N–H and O–H groups in total. The third-order valence-corrected chi connectivity index (χ3v) is 5.66. The maximum Gasteiger partial charge on any atom is 0.307 e. The van der Waals surface area contributed by atoms with E-state index in [2.05, 4.69) is 0 Å². The van der Waals surface area contributed by atoms with E-state index in [1.54, 1.807) is 0 Å². The molecular weight excluding hydrogens is 309 g/mol. The largest absolute Gasteiger partial charge is 0.481 e. The fourth-order valence-electron chi connectivity index (χ4n) is 2.12. The third kappa shape index (κ3) is 2.65. The molecule has 1 aliphatic rings. The highest BCUT2D eigenvalue weighted by Crippen LogP contribution is 2.30. The maximum absolute atomic E-state index is 13.3. The number of carboxylic acid groups (broad SMARTS) is 1. The molecule has 8 heteroatoms. The van der Waals surface area contributed by atoms with Gasteiger partial charge < -0.3 is 5.11 Å². The molecule has 1 aromatic rings. The molecule has 20 heavy (non-hydrogen) atoms. The number of nitrogens with zero attached hydrogens (tertiary/aromatic N) is 1. The lowest BCUT2D eigenvalue weighted by Gasteiger charge is -2.17. The van der Waals surface area contributed by atoms with Crippen LogP contribution in [0.2, 0.25) is 5.02 Å². The Hall–Kier alpha value is -1.18. The van der Waals surface area contributed by atoms with Gasteiger partial charge in [-0.15, -0.1) is 0 Å². The summed E-state index contributed by atoms with van der Waals surface area (Å²) < 4.78 is 39.2. The summed E-state index contributed by atoms with van der Waals surface area (Å²) in [5.41, 5.74) is 0.168. The molecule has 0 aromatic heterocycles. The van der Waals surface area contributed by atoms with Crippen molar-refractivity contribution in [1.29, 1.82) is 0 Å². The van der Waals surface area contributed by atoms with Gasteiger partial charge in [0.2, 0.25) is 10.0 Å². The van der Waals surface area contributed by atoms with Crippen molar-refractivity contribution in [2.75, 3.05) is 13.1 Å². The summed E-state index contributed by atoms with van der Waals surface area (Å²) in [6.07, 6.45) is 0.256. The molecule has 1 aliphatic heterocycles. The van der Waals surface area contributed by atoms with Crippen molar-refractivity contribution in [2.24, 2.45) is 5.92 Å². The Labute approximate surface area is 121 Å². The summed E-state index contributed by atoms with van der Waals surface area (Å²) in [6.45, 7) is 1.46. The van der Waals surface area contributed by atoms with Crippen molar-refractivity contribution in [1.82, 2.24) is 4.31 Å². The lowest BCUT2D eigenvalue weighted by atomic mass is 10.1.